The average Bonchev–Trinajstić information content (AvgIpc) is 3.06. The number of anilines is 1. The number of hydrogen-bond acceptors (Lipinski definition) is 6. The molecule has 0 fully saturated rings. The summed E-state index contributed by atoms with van der Waals surface area (Å²) >= 11 is 1.48. The molecule has 0 saturated heterocycles. The molecule has 1 aromatic carbocycles. The predicted octanol–water partition coefficient (Wildman–Crippen LogP) is 3.40. The quantitative estimate of drug-likeness (QED) is 0.756. The van der Waals surface area contributed by atoms with Crippen LogP contribution in [0.1, 0.15) is 11.7 Å². The van der Waals surface area contributed by atoms with Crippen molar-refractivity contribution in [1.29, 1.82) is 0 Å². The normalized spacial score (nSPS) is 12.0. The molecule has 0 aliphatic rings. The van der Waals surface area contributed by atoms with Gasteiger partial charge in [-0.2, -0.15) is 0 Å². The van der Waals surface area contributed by atoms with E-state index in [0.29, 0.717) is 6.54 Å². The van der Waals surface area contributed by atoms with Gasteiger partial charge in [0.2, 0.25) is 5.13 Å². The minimum Gasteiger partial charge on any atom is -0.375 e. The zero-order chi connectivity index (χ0) is 15.2. The summed E-state index contributed by atoms with van der Waals surface area (Å²) in [6, 6.07) is 15.8. The first kappa shape index (κ1) is 14.6. The van der Waals surface area contributed by atoms with Gasteiger partial charge in [0, 0.05) is 19.9 Å². The number of ether oxygens (including phenoxy) is 1. The highest BCUT2D eigenvalue weighted by atomic mass is 32.1. The van der Waals surface area contributed by atoms with Gasteiger partial charge in [0.25, 0.3) is 0 Å². The van der Waals surface area contributed by atoms with Crippen molar-refractivity contribution in [2.24, 2.45) is 0 Å². The van der Waals surface area contributed by atoms with Crippen molar-refractivity contribution >= 4 is 16.5 Å². The summed E-state index contributed by atoms with van der Waals surface area (Å²) < 4.78 is 5.53. The van der Waals surface area contributed by atoms with Crippen molar-refractivity contribution < 1.29 is 4.74 Å². The summed E-state index contributed by atoms with van der Waals surface area (Å²) in [6.45, 7) is 0.636. The number of pyridine rings is 1. The summed E-state index contributed by atoms with van der Waals surface area (Å²) in [5, 5.41) is 13.2. The van der Waals surface area contributed by atoms with Crippen molar-refractivity contribution in [3.05, 3.63) is 60.3 Å². The maximum Gasteiger partial charge on any atom is 0.206 e. The van der Waals surface area contributed by atoms with Crippen LogP contribution >= 0.6 is 11.3 Å². The molecular weight excluding hydrogens is 296 g/mol. The average molecular weight is 312 g/mol. The minimum absolute atomic E-state index is 0.0246. The zero-order valence-corrected chi connectivity index (χ0v) is 13.0. The number of nitrogens with one attached hydrogen (secondary N) is 1. The van der Waals surface area contributed by atoms with E-state index in [9.17, 15) is 0 Å². The van der Waals surface area contributed by atoms with Crippen LogP contribution in [0.4, 0.5) is 5.13 Å². The Labute approximate surface area is 133 Å². The van der Waals surface area contributed by atoms with Gasteiger partial charge in [0.1, 0.15) is 5.69 Å². The maximum absolute atomic E-state index is 5.53. The second-order valence-electron chi connectivity index (χ2n) is 4.64. The molecule has 0 spiro atoms. The molecule has 6 heteroatoms. The Morgan fingerprint density at radius 2 is 1.91 bits per heavy atom. The lowest BCUT2D eigenvalue weighted by Gasteiger charge is -2.15. The lowest BCUT2D eigenvalue weighted by atomic mass is 10.1. The van der Waals surface area contributed by atoms with Gasteiger partial charge in [-0.15, -0.1) is 10.2 Å². The van der Waals surface area contributed by atoms with E-state index in [2.05, 4.69) is 32.6 Å². The van der Waals surface area contributed by atoms with Gasteiger partial charge >= 0.3 is 0 Å². The molecule has 1 unspecified atom stereocenters. The molecule has 112 valence electrons. The first-order valence-electron chi connectivity index (χ1n) is 6.93. The van der Waals surface area contributed by atoms with Gasteiger partial charge in [-0.3, -0.25) is 4.98 Å². The second kappa shape index (κ2) is 7.11. The molecule has 3 aromatic rings. The van der Waals surface area contributed by atoms with Crippen molar-refractivity contribution in [2.45, 2.75) is 6.10 Å². The van der Waals surface area contributed by atoms with Gasteiger partial charge in [-0.25, -0.2) is 0 Å². The van der Waals surface area contributed by atoms with E-state index in [1.165, 1.54) is 11.3 Å². The highest BCUT2D eigenvalue weighted by molar-refractivity contribution is 7.18. The Morgan fingerprint density at radius 3 is 2.64 bits per heavy atom. The Bertz CT molecular complexity index is 702. The first-order chi connectivity index (χ1) is 10.9. The molecule has 2 aromatic heterocycles. The SMILES string of the molecule is COC(CNc1nnc(-c2ccccn2)s1)c1ccccc1. The fourth-order valence-electron chi connectivity index (χ4n) is 2.07. The van der Waals surface area contributed by atoms with Crippen LogP contribution in [0.25, 0.3) is 10.7 Å². The van der Waals surface area contributed by atoms with Crippen LogP contribution < -0.4 is 5.32 Å². The Hall–Kier alpha value is -2.31. The van der Waals surface area contributed by atoms with E-state index < -0.39 is 0 Å². The Kier molecular flexibility index (Phi) is 4.72. The Morgan fingerprint density at radius 1 is 1.09 bits per heavy atom. The number of benzene rings is 1. The smallest absolute Gasteiger partial charge is 0.206 e. The van der Waals surface area contributed by atoms with Crippen molar-refractivity contribution in [1.82, 2.24) is 15.2 Å². The second-order valence-corrected chi connectivity index (χ2v) is 5.62. The van der Waals surface area contributed by atoms with Crippen LogP contribution in [0.15, 0.2) is 54.7 Å². The molecule has 0 saturated carbocycles. The van der Waals surface area contributed by atoms with E-state index in [1.807, 2.05) is 36.4 Å². The summed E-state index contributed by atoms with van der Waals surface area (Å²) in [7, 11) is 1.71. The summed E-state index contributed by atoms with van der Waals surface area (Å²) in [4.78, 5) is 4.28. The fraction of sp³-hybridized carbons (Fsp3) is 0.188. The molecule has 1 N–H and O–H groups in total. The van der Waals surface area contributed by atoms with E-state index in [-0.39, 0.29) is 6.10 Å². The predicted molar refractivity (Wildman–Crippen MR) is 87.8 cm³/mol. The largest absolute Gasteiger partial charge is 0.375 e. The third kappa shape index (κ3) is 3.47. The van der Waals surface area contributed by atoms with Crippen LogP contribution in [0, 0.1) is 0 Å². The fourth-order valence-corrected chi connectivity index (χ4v) is 2.80. The van der Waals surface area contributed by atoms with Crippen LogP contribution in [0.5, 0.6) is 0 Å². The van der Waals surface area contributed by atoms with Gasteiger partial charge in [-0.05, 0) is 17.7 Å². The maximum atomic E-state index is 5.53. The molecule has 0 radical (unpaired) electrons. The molecule has 0 amide bonds. The highest BCUT2D eigenvalue weighted by Gasteiger charge is 2.12. The van der Waals surface area contributed by atoms with Crippen molar-refractivity contribution in [3.8, 4) is 10.7 Å². The molecule has 22 heavy (non-hydrogen) atoms. The topological polar surface area (TPSA) is 59.9 Å². The molecule has 2 heterocycles. The Balaban J connectivity index is 1.65. The van der Waals surface area contributed by atoms with Crippen LogP contribution in [-0.2, 0) is 4.74 Å². The van der Waals surface area contributed by atoms with Gasteiger partial charge in [-0.1, -0.05) is 47.7 Å². The number of rotatable bonds is 6. The lowest BCUT2D eigenvalue weighted by molar-refractivity contribution is 0.114. The molecule has 0 aliphatic carbocycles. The molecule has 1 atom stereocenters. The van der Waals surface area contributed by atoms with Crippen LogP contribution in [0.3, 0.4) is 0 Å². The molecular formula is C16H16N4OS. The van der Waals surface area contributed by atoms with Crippen molar-refractivity contribution in [2.75, 3.05) is 19.0 Å². The number of methoxy groups -OCH3 is 1. The summed E-state index contributed by atoms with van der Waals surface area (Å²) in [5.41, 5.74) is 1.96. The van der Waals surface area contributed by atoms with E-state index in [4.69, 9.17) is 4.74 Å². The third-order valence-electron chi connectivity index (χ3n) is 3.20. The van der Waals surface area contributed by atoms with E-state index >= 15 is 0 Å². The van der Waals surface area contributed by atoms with Gasteiger partial charge in [0.05, 0.1) is 6.10 Å². The van der Waals surface area contributed by atoms with Crippen LogP contribution in [0.2, 0.25) is 0 Å². The number of aromatic nitrogens is 3. The third-order valence-corrected chi connectivity index (χ3v) is 4.11. The lowest BCUT2D eigenvalue weighted by Crippen LogP contribution is -2.14. The molecule has 5 nitrogen and oxygen atoms in total. The van der Waals surface area contributed by atoms with E-state index in [1.54, 1.807) is 13.3 Å². The van der Waals surface area contributed by atoms with Gasteiger partial charge < -0.3 is 10.1 Å². The monoisotopic (exact) mass is 312 g/mol. The minimum atomic E-state index is -0.0246. The summed E-state index contributed by atoms with van der Waals surface area (Å²) in [6.07, 6.45) is 1.73. The highest BCUT2D eigenvalue weighted by Crippen LogP contribution is 2.25. The molecule has 0 aliphatic heterocycles. The molecule has 0 bridgehead atoms. The summed E-state index contributed by atoms with van der Waals surface area (Å²) in [5.74, 6) is 0. The van der Waals surface area contributed by atoms with Gasteiger partial charge in [0.15, 0.2) is 5.01 Å². The van der Waals surface area contributed by atoms with Crippen molar-refractivity contribution in [3.63, 3.8) is 0 Å². The van der Waals surface area contributed by atoms with E-state index in [0.717, 1.165) is 21.4 Å². The zero-order valence-electron chi connectivity index (χ0n) is 12.1. The molecule has 3 rings (SSSR count). The standard InChI is InChI=1S/C16H16N4OS/c1-21-14(12-7-3-2-4-8-12)11-18-16-20-19-15(22-16)13-9-5-6-10-17-13/h2-10,14H,11H2,1H3,(H,18,20). The number of hydrogen-bond donors (Lipinski definition) is 1. The van der Waals surface area contributed by atoms with Crippen LogP contribution in [-0.4, -0.2) is 28.8 Å². The first-order valence-corrected chi connectivity index (χ1v) is 7.75. The number of nitrogens with zero attached hydrogens (tertiary/aromatic N) is 3.